The Morgan fingerprint density at radius 3 is 2.13 bits per heavy atom. The van der Waals surface area contributed by atoms with Gasteiger partial charge < -0.3 is 44.3 Å². The van der Waals surface area contributed by atoms with Crippen LogP contribution in [0.15, 0.2) is 12.2 Å². The molecule has 0 radical (unpaired) electrons. The molecule has 0 aliphatic carbocycles. The molecule has 4 saturated heterocycles. The third kappa shape index (κ3) is 9.90. The molecule has 0 bridgehead atoms. The molecule has 5 aliphatic heterocycles. The largest absolute Gasteiger partial charge is 0.481 e. The number of Topliss-reactive ketones (excluding diaryl/α,β-unsaturated/α-hetero) is 1. The molecule has 1 unspecified atom stereocenters. The van der Waals surface area contributed by atoms with Crippen LogP contribution in [0.1, 0.15) is 161 Å². The normalized spacial score (nSPS) is 42.4. The van der Waals surface area contributed by atoms with E-state index in [4.69, 9.17) is 23.7 Å². The van der Waals surface area contributed by atoms with E-state index in [2.05, 4.69) is 26.1 Å². The highest BCUT2D eigenvalue weighted by Gasteiger charge is 2.63. The van der Waals surface area contributed by atoms with Crippen LogP contribution in [0.4, 0.5) is 0 Å². The second-order valence-electron chi connectivity index (χ2n) is 21.3. The number of hydrogen-bond acceptors (Lipinski definition) is 10. The lowest BCUT2D eigenvalue weighted by Crippen LogP contribution is -2.65. The number of carbonyl (C=O) groups excluding carboxylic acids is 2. The number of hydrogen-bond donors (Lipinski definition) is 4. The fourth-order valence-corrected chi connectivity index (χ4v) is 11.4. The maximum atomic E-state index is 14.7. The van der Waals surface area contributed by atoms with Gasteiger partial charge in [0.05, 0.1) is 53.7 Å². The van der Waals surface area contributed by atoms with Crippen LogP contribution in [0.25, 0.3) is 0 Å². The molecule has 0 aromatic heterocycles. The summed E-state index contributed by atoms with van der Waals surface area (Å²) in [4.78, 5) is 40.2. The van der Waals surface area contributed by atoms with Crippen molar-refractivity contribution in [2.75, 3.05) is 0 Å². The molecule has 5 heterocycles. The van der Waals surface area contributed by atoms with E-state index in [0.29, 0.717) is 64.2 Å². The Morgan fingerprint density at radius 2 is 1.55 bits per heavy atom. The van der Waals surface area contributed by atoms with Crippen molar-refractivity contribution < 1.29 is 53.4 Å². The first-order valence-corrected chi connectivity index (χ1v) is 23.4. The molecular weight excluding hydrogens is 767 g/mol. The maximum Gasteiger partial charge on any atom is 0.309 e. The highest BCUT2D eigenvalue weighted by Crippen LogP contribution is 2.54. The number of aliphatic carboxylic acids is 1. The molecule has 4 N–H and O–H groups in total. The van der Waals surface area contributed by atoms with Crippen LogP contribution in [0, 0.1) is 46.8 Å². The minimum atomic E-state index is -1.29. The van der Waals surface area contributed by atoms with Gasteiger partial charge in [-0.25, -0.2) is 0 Å². The van der Waals surface area contributed by atoms with Crippen molar-refractivity contribution in [1.82, 2.24) is 5.32 Å². The number of aliphatic hydroxyl groups is 2. The molecule has 0 saturated carbocycles. The molecule has 18 atom stereocenters. The van der Waals surface area contributed by atoms with E-state index in [1.807, 2.05) is 74.5 Å². The number of aliphatic hydroxyl groups excluding tert-OH is 1. The van der Waals surface area contributed by atoms with E-state index in [1.165, 1.54) is 0 Å². The predicted octanol–water partition coefficient (Wildman–Crippen LogP) is 7.75. The van der Waals surface area contributed by atoms with Crippen LogP contribution in [0.3, 0.4) is 0 Å². The van der Waals surface area contributed by atoms with Gasteiger partial charge in [-0.3, -0.25) is 14.4 Å². The monoisotopic (exact) mass is 848 g/mol. The van der Waals surface area contributed by atoms with Gasteiger partial charge >= 0.3 is 5.97 Å². The highest BCUT2D eigenvalue weighted by atomic mass is 16.8. The van der Waals surface area contributed by atoms with Gasteiger partial charge in [0.15, 0.2) is 11.6 Å². The lowest BCUT2D eigenvalue weighted by molar-refractivity contribution is -0.398. The SMILES string of the molecule is CCC(C(=O)[C@@H](C)[C@@H](O)[C@H](C)[C@@H]1O[C@@H]([C@@H](CC)C(=O)O)CC[C@@H]1C)[C@H]1O[C@]2(C=C[C@@H](NC(=O)CC(C)(C)C)[C@]3(CC[C@@](C)([C@H]4CC[C@](O)(CC)[C@H](C)O4)O3)O2)[C@H](C)C[C@@H]1C. The summed E-state index contributed by atoms with van der Waals surface area (Å²) in [5.74, 6) is -5.96. The summed E-state index contributed by atoms with van der Waals surface area (Å²) in [5.41, 5.74) is -1.91. The van der Waals surface area contributed by atoms with E-state index in [9.17, 15) is 29.7 Å². The lowest BCUT2D eigenvalue weighted by Gasteiger charge is -2.55. The van der Waals surface area contributed by atoms with Gasteiger partial charge in [0.25, 0.3) is 0 Å². The average Bonchev–Trinajstić information content (AvgIpc) is 3.52. The number of ether oxygens (including phenoxy) is 5. The van der Waals surface area contributed by atoms with Gasteiger partial charge in [-0.1, -0.05) is 82.2 Å². The molecule has 344 valence electrons. The van der Waals surface area contributed by atoms with E-state index in [-0.39, 0.29) is 53.2 Å². The summed E-state index contributed by atoms with van der Waals surface area (Å²) in [6.07, 6.45) is 7.11. The number of rotatable bonds is 14. The summed E-state index contributed by atoms with van der Waals surface area (Å²) in [6, 6.07) is -0.616. The van der Waals surface area contributed by atoms with Gasteiger partial charge in [-0.15, -0.1) is 0 Å². The Labute approximate surface area is 360 Å². The fourth-order valence-electron chi connectivity index (χ4n) is 11.4. The van der Waals surface area contributed by atoms with Gasteiger partial charge in [0.2, 0.25) is 5.91 Å². The Morgan fingerprint density at radius 1 is 0.883 bits per heavy atom. The molecule has 2 spiro atoms. The molecular formula is C48H81NO11. The topological polar surface area (TPSA) is 170 Å². The first-order valence-electron chi connectivity index (χ1n) is 23.4. The summed E-state index contributed by atoms with van der Waals surface area (Å²) < 4.78 is 34.6. The minimum Gasteiger partial charge on any atom is -0.481 e. The van der Waals surface area contributed by atoms with Crippen molar-refractivity contribution in [1.29, 1.82) is 0 Å². The van der Waals surface area contributed by atoms with Crippen LogP contribution < -0.4 is 5.32 Å². The summed E-state index contributed by atoms with van der Waals surface area (Å²) in [5, 5.41) is 36.2. The van der Waals surface area contributed by atoms with Crippen LogP contribution in [-0.2, 0) is 38.1 Å². The number of nitrogens with one attached hydrogen (secondary N) is 1. The van der Waals surface area contributed by atoms with Crippen LogP contribution in [0.5, 0.6) is 0 Å². The Balaban J connectivity index is 1.40. The molecule has 12 heteroatoms. The Hall–Kier alpha value is -1.93. The predicted molar refractivity (Wildman–Crippen MR) is 229 cm³/mol. The molecule has 4 fully saturated rings. The summed E-state index contributed by atoms with van der Waals surface area (Å²) in [7, 11) is 0. The number of amides is 1. The van der Waals surface area contributed by atoms with Gasteiger partial charge in [0.1, 0.15) is 11.8 Å². The van der Waals surface area contributed by atoms with Crippen molar-refractivity contribution in [2.24, 2.45) is 46.8 Å². The fraction of sp³-hybridized carbons (Fsp3) is 0.896. The van der Waals surface area contributed by atoms with Gasteiger partial charge in [-0.2, -0.15) is 0 Å². The van der Waals surface area contributed by atoms with Crippen LogP contribution >= 0.6 is 0 Å². The van der Waals surface area contributed by atoms with Crippen LogP contribution in [-0.4, -0.2) is 98.4 Å². The molecule has 5 aliphatic rings. The number of carboxylic acid groups (broad SMARTS) is 1. The second-order valence-corrected chi connectivity index (χ2v) is 21.3. The highest BCUT2D eigenvalue weighted by molar-refractivity contribution is 5.84. The standard InChI is InChI=1S/C48H81NO11/c1-14-33(43(53)54)35-18-17-27(4)41(57-35)31(8)39(51)30(7)40(52)34(15-2)42-28(5)25-29(6)47(58-42)22-19-36(49-38(50)26-44(10,11)12)48(60-47)24-23-45(13,59-48)37-20-21-46(55,16-3)32(9)56-37/h19,22,27-37,39,41-42,51,55H,14-18,20-21,23-26H2,1-13H3,(H,49,50)(H,53,54)/t27-,28-,29+,30-,31-,32-,33+,34?,35+,36+,37+,39+,41+,42-,45-,46+,47-,48-/m0/s1. The molecule has 0 aromatic carbocycles. The molecule has 60 heavy (non-hydrogen) atoms. The molecule has 1 amide bonds. The van der Waals surface area contributed by atoms with Crippen molar-refractivity contribution in [3.63, 3.8) is 0 Å². The van der Waals surface area contributed by atoms with Crippen molar-refractivity contribution in [3.05, 3.63) is 12.2 Å². The summed E-state index contributed by atoms with van der Waals surface area (Å²) >= 11 is 0. The third-order valence-corrected chi connectivity index (χ3v) is 15.5. The van der Waals surface area contributed by atoms with Crippen molar-refractivity contribution in [3.8, 4) is 0 Å². The van der Waals surface area contributed by atoms with E-state index in [1.54, 1.807) is 6.92 Å². The van der Waals surface area contributed by atoms with E-state index < -0.39 is 76.8 Å². The van der Waals surface area contributed by atoms with Gasteiger partial charge in [0, 0.05) is 36.5 Å². The number of ketones is 1. The summed E-state index contributed by atoms with van der Waals surface area (Å²) in [6.45, 7) is 25.8. The molecule has 0 aromatic rings. The first kappa shape index (κ1) is 49.1. The van der Waals surface area contributed by atoms with Crippen LogP contribution in [0.2, 0.25) is 0 Å². The van der Waals surface area contributed by atoms with E-state index >= 15 is 0 Å². The maximum absolute atomic E-state index is 14.7. The molecule has 5 rings (SSSR count). The first-order chi connectivity index (χ1) is 27.9. The zero-order chi connectivity index (χ0) is 44.7. The van der Waals surface area contributed by atoms with Crippen molar-refractivity contribution in [2.45, 2.75) is 226 Å². The van der Waals surface area contributed by atoms with Gasteiger partial charge in [-0.05, 0) is 95.0 Å². The zero-order valence-corrected chi connectivity index (χ0v) is 39.1. The third-order valence-electron chi connectivity index (χ3n) is 15.5. The second kappa shape index (κ2) is 18.7. The Bertz CT molecular complexity index is 1550. The smallest absolute Gasteiger partial charge is 0.309 e. The van der Waals surface area contributed by atoms with Crippen molar-refractivity contribution >= 4 is 17.7 Å². The minimum absolute atomic E-state index is 0.00731. The van der Waals surface area contributed by atoms with E-state index in [0.717, 1.165) is 6.42 Å². The zero-order valence-electron chi connectivity index (χ0n) is 39.1. The average molecular weight is 848 g/mol. The molecule has 12 nitrogen and oxygen atoms in total. The number of carbonyl (C=O) groups is 3. The number of carboxylic acids is 1. The quantitative estimate of drug-likeness (QED) is 0.126. The Kier molecular flexibility index (Phi) is 15.3. The lowest BCUT2D eigenvalue weighted by atomic mass is 9.72.